The zero-order valence-electron chi connectivity index (χ0n) is 13.5. The number of hydrogen-bond acceptors (Lipinski definition) is 6. The van der Waals surface area contributed by atoms with Gasteiger partial charge in [0.25, 0.3) is 0 Å². The third-order valence-corrected chi connectivity index (χ3v) is 2.66. The summed E-state index contributed by atoms with van der Waals surface area (Å²) >= 11 is 0. The molecule has 1 aromatic carbocycles. The topological polar surface area (TPSA) is 82.1 Å². The fourth-order valence-electron chi connectivity index (χ4n) is 1.88. The number of aromatic hydroxyl groups is 1. The fraction of sp³-hybridized carbons (Fsp3) is 0.500. The van der Waals surface area contributed by atoms with Gasteiger partial charge in [0, 0.05) is 6.07 Å². The first-order chi connectivity index (χ1) is 10.2. The van der Waals surface area contributed by atoms with Crippen molar-refractivity contribution >= 4 is 11.9 Å². The Morgan fingerprint density at radius 1 is 1.09 bits per heavy atom. The Kier molecular flexibility index (Phi) is 6.22. The fourth-order valence-corrected chi connectivity index (χ4v) is 1.88. The first-order valence-electron chi connectivity index (χ1n) is 7.05. The van der Waals surface area contributed by atoms with Crippen LogP contribution in [0.15, 0.2) is 12.1 Å². The molecular formula is C16H22O6. The van der Waals surface area contributed by atoms with Gasteiger partial charge in [0.15, 0.2) is 0 Å². The van der Waals surface area contributed by atoms with Crippen molar-refractivity contribution in [2.75, 3.05) is 7.11 Å². The predicted octanol–water partition coefficient (Wildman–Crippen LogP) is 2.46. The molecule has 0 fully saturated rings. The van der Waals surface area contributed by atoms with Crippen LogP contribution in [0.25, 0.3) is 0 Å². The Labute approximate surface area is 130 Å². The van der Waals surface area contributed by atoms with E-state index in [1.165, 1.54) is 19.2 Å². The number of ether oxygens (including phenoxy) is 3. The van der Waals surface area contributed by atoms with Crippen molar-refractivity contribution in [1.29, 1.82) is 0 Å². The van der Waals surface area contributed by atoms with Gasteiger partial charge in [-0.15, -0.1) is 0 Å². The molecule has 0 aliphatic rings. The number of hydrogen-bond donors (Lipinski definition) is 1. The molecule has 0 saturated carbocycles. The van der Waals surface area contributed by atoms with Crippen molar-refractivity contribution in [2.45, 2.75) is 46.3 Å². The third-order valence-electron chi connectivity index (χ3n) is 2.66. The minimum atomic E-state index is -0.692. The summed E-state index contributed by atoms with van der Waals surface area (Å²) in [6.45, 7) is 6.86. The van der Waals surface area contributed by atoms with Crippen LogP contribution in [-0.2, 0) is 20.7 Å². The van der Waals surface area contributed by atoms with Crippen LogP contribution < -0.4 is 4.74 Å². The Morgan fingerprint density at radius 3 is 2.18 bits per heavy atom. The molecule has 1 rings (SSSR count). The summed E-state index contributed by atoms with van der Waals surface area (Å²) < 4.78 is 15.2. The summed E-state index contributed by atoms with van der Waals surface area (Å²) in [4.78, 5) is 24.0. The lowest BCUT2D eigenvalue weighted by molar-refractivity contribution is -0.146. The molecule has 6 heteroatoms. The molecule has 0 aliphatic carbocycles. The summed E-state index contributed by atoms with van der Waals surface area (Å²) in [6.07, 6.45) is -0.770. The van der Waals surface area contributed by atoms with Crippen LogP contribution in [0.4, 0.5) is 0 Å². The van der Waals surface area contributed by atoms with Gasteiger partial charge in [0.1, 0.15) is 17.1 Å². The number of phenols is 1. The molecule has 0 aromatic heterocycles. The monoisotopic (exact) mass is 310 g/mol. The van der Waals surface area contributed by atoms with Crippen LogP contribution in [0.2, 0.25) is 0 Å². The summed E-state index contributed by atoms with van der Waals surface area (Å²) in [7, 11) is 1.43. The van der Waals surface area contributed by atoms with Gasteiger partial charge in [-0.1, -0.05) is 0 Å². The van der Waals surface area contributed by atoms with Gasteiger partial charge in [-0.3, -0.25) is 4.79 Å². The third kappa shape index (κ3) is 4.95. The van der Waals surface area contributed by atoms with E-state index in [4.69, 9.17) is 14.2 Å². The molecule has 1 aromatic rings. The van der Waals surface area contributed by atoms with E-state index >= 15 is 0 Å². The van der Waals surface area contributed by atoms with Crippen LogP contribution in [0.5, 0.6) is 11.5 Å². The molecule has 0 radical (unpaired) electrons. The van der Waals surface area contributed by atoms with Crippen molar-refractivity contribution in [2.24, 2.45) is 0 Å². The zero-order valence-corrected chi connectivity index (χ0v) is 13.5. The molecule has 122 valence electrons. The maximum Gasteiger partial charge on any atom is 0.342 e. The molecule has 0 spiro atoms. The highest BCUT2D eigenvalue weighted by atomic mass is 16.5. The quantitative estimate of drug-likeness (QED) is 0.813. The number of benzene rings is 1. The lowest BCUT2D eigenvalue weighted by Gasteiger charge is -2.15. The molecule has 0 heterocycles. The van der Waals surface area contributed by atoms with E-state index in [-0.39, 0.29) is 29.9 Å². The van der Waals surface area contributed by atoms with Gasteiger partial charge in [0.05, 0.1) is 25.7 Å². The Hall–Kier alpha value is -2.24. The van der Waals surface area contributed by atoms with E-state index in [1.807, 2.05) is 0 Å². The van der Waals surface area contributed by atoms with E-state index in [1.54, 1.807) is 27.7 Å². The molecular weight excluding hydrogens is 288 g/mol. The number of rotatable bonds is 6. The average Bonchev–Trinajstić information content (AvgIpc) is 2.35. The minimum Gasteiger partial charge on any atom is -0.507 e. The molecule has 22 heavy (non-hydrogen) atoms. The molecule has 0 aliphatic heterocycles. The normalized spacial score (nSPS) is 10.7. The van der Waals surface area contributed by atoms with Gasteiger partial charge >= 0.3 is 11.9 Å². The molecule has 0 unspecified atom stereocenters. The lowest BCUT2D eigenvalue weighted by Crippen LogP contribution is -2.18. The Balaban J connectivity index is 3.18. The number of phenolic OH excluding ortho intramolecular Hbond substituents is 1. The predicted molar refractivity (Wildman–Crippen MR) is 80.1 cm³/mol. The molecule has 6 nitrogen and oxygen atoms in total. The van der Waals surface area contributed by atoms with Gasteiger partial charge < -0.3 is 19.3 Å². The Bertz CT molecular complexity index is 548. The van der Waals surface area contributed by atoms with Crippen LogP contribution in [0.3, 0.4) is 0 Å². The lowest BCUT2D eigenvalue weighted by atomic mass is 10.0. The number of esters is 2. The minimum absolute atomic E-state index is 0.0461. The van der Waals surface area contributed by atoms with Gasteiger partial charge in [-0.05, 0) is 39.3 Å². The maximum absolute atomic E-state index is 12.1. The number of methoxy groups -OCH3 is 1. The first-order valence-corrected chi connectivity index (χ1v) is 7.05. The summed E-state index contributed by atoms with van der Waals surface area (Å²) in [5.41, 5.74) is 0.253. The zero-order chi connectivity index (χ0) is 16.9. The highest BCUT2D eigenvalue weighted by Gasteiger charge is 2.23. The highest BCUT2D eigenvalue weighted by Crippen LogP contribution is 2.29. The van der Waals surface area contributed by atoms with E-state index < -0.39 is 11.9 Å². The summed E-state index contributed by atoms with van der Waals surface area (Å²) in [5, 5.41) is 10.0. The van der Waals surface area contributed by atoms with Crippen molar-refractivity contribution in [3.05, 3.63) is 23.3 Å². The van der Waals surface area contributed by atoms with Crippen molar-refractivity contribution in [1.82, 2.24) is 0 Å². The second-order valence-electron chi connectivity index (χ2n) is 5.35. The Morgan fingerprint density at radius 2 is 1.68 bits per heavy atom. The van der Waals surface area contributed by atoms with Crippen LogP contribution in [0.1, 0.15) is 43.6 Å². The van der Waals surface area contributed by atoms with Crippen LogP contribution in [0, 0.1) is 0 Å². The van der Waals surface area contributed by atoms with Crippen molar-refractivity contribution in [3.63, 3.8) is 0 Å². The highest BCUT2D eigenvalue weighted by molar-refractivity contribution is 5.95. The van der Waals surface area contributed by atoms with E-state index in [0.717, 1.165) is 0 Å². The standard InChI is InChI=1S/C16H22O6/c1-9(2)21-14(18)7-11-6-12(20-5)8-13(17)15(11)16(19)22-10(3)4/h6,8-10,17H,7H2,1-5H3. The van der Waals surface area contributed by atoms with Crippen molar-refractivity contribution < 1.29 is 28.9 Å². The van der Waals surface area contributed by atoms with E-state index in [0.29, 0.717) is 11.3 Å². The number of carbonyl (C=O) groups excluding carboxylic acids is 2. The van der Waals surface area contributed by atoms with E-state index in [2.05, 4.69) is 0 Å². The molecule has 0 amide bonds. The van der Waals surface area contributed by atoms with Gasteiger partial charge in [-0.2, -0.15) is 0 Å². The second-order valence-corrected chi connectivity index (χ2v) is 5.35. The maximum atomic E-state index is 12.1. The SMILES string of the molecule is COc1cc(O)c(C(=O)OC(C)C)c(CC(=O)OC(C)C)c1. The summed E-state index contributed by atoms with van der Waals surface area (Å²) in [6, 6.07) is 2.81. The smallest absolute Gasteiger partial charge is 0.342 e. The molecule has 1 N–H and O–H groups in total. The van der Waals surface area contributed by atoms with E-state index in [9.17, 15) is 14.7 Å². The summed E-state index contributed by atoms with van der Waals surface area (Å²) in [5.74, 6) is -1.15. The largest absolute Gasteiger partial charge is 0.507 e. The first kappa shape index (κ1) is 17.8. The second kappa shape index (κ2) is 7.68. The van der Waals surface area contributed by atoms with Gasteiger partial charge in [0.2, 0.25) is 0 Å². The molecule has 0 saturated heterocycles. The molecule has 0 bridgehead atoms. The van der Waals surface area contributed by atoms with Crippen LogP contribution in [-0.4, -0.2) is 36.4 Å². The van der Waals surface area contributed by atoms with Crippen LogP contribution >= 0.6 is 0 Å². The van der Waals surface area contributed by atoms with Crippen molar-refractivity contribution in [3.8, 4) is 11.5 Å². The van der Waals surface area contributed by atoms with Gasteiger partial charge in [-0.25, -0.2) is 4.79 Å². The number of carbonyl (C=O) groups is 2. The average molecular weight is 310 g/mol. The molecule has 0 atom stereocenters.